The monoisotopic (exact) mass is 451 g/mol. The third-order valence-corrected chi connectivity index (χ3v) is 6.35. The second kappa shape index (κ2) is 10.8. The first-order valence-electron chi connectivity index (χ1n) is 10.8. The number of carbonyl (C=O) groups is 1. The molecule has 2 aromatic carbocycles. The molecule has 0 saturated carbocycles. The molecule has 2 heterocycles. The predicted molar refractivity (Wildman–Crippen MR) is 126 cm³/mol. The third kappa shape index (κ3) is 5.97. The van der Waals surface area contributed by atoms with Gasteiger partial charge in [-0.05, 0) is 31.5 Å². The summed E-state index contributed by atoms with van der Waals surface area (Å²) in [5.74, 6) is 1.05. The Morgan fingerprint density at radius 1 is 1.12 bits per heavy atom. The highest BCUT2D eigenvalue weighted by Gasteiger charge is 2.21. The standard InChI is InChI=1S/C24H29N5O2S/c1-18-8-10-21(11-9-18)29-19(2)26-27-24(29)32-17-23(30)25-14-22-16-28(12-13-31-22)15-20-6-4-3-5-7-20/h3-11,22H,12-17H2,1-2H3,(H,25,30). The van der Waals surface area contributed by atoms with Crippen LogP contribution >= 0.6 is 11.8 Å². The number of hydrogen-bond acceptors (Lipinski definition) is 6. The second-order valence-corrected chi connectivity index (χ2v) is 8.95. The normalized spacial score (nSPS) is 16.8. The lowest BCUT2D eigenvalue weighted by Crippen LogP contribution is -2.47. The SMILES string of the molecule is Cc1ccc(-n2c(C)nnc2SCC(=O)NCC2CN(Cc3ccccc3)CCO2)cc1. The molecule has 32 heavy (non-hydrogen) atoms. The van der Waals surface area contributed by atoms with Gasteiger partial charge < -0.3 is 10.1 Å². The van der Waals surface area contributed by atoms with Gasteiger partial charge in [0.15, 0.2) is 5.16 Å². The average molecular weight is 452 g/mol. The molecule has 7 nitrogen and oxygen atoms in total. The molecule has 0 aliphatic carbocycles. The van der Waals surface area contributed by atoms with Crippen molar-refractivity contribution in [2.45, 2.75) is 31.7 Å². The van der Waals surface area contributed by atoms with E-state index in [1.807, 2.05) is 29.7 Å². The van der Waals surface area contributed by atoms with Crippen LogP contribution in [-0.4, -0.2) is 63.7 Å². The van der Waals surface area contributed by atoms with Crippen molar-refractivity contribution in [3.63, 3.8) is 0 Å². The highest BCUT2D eigenvalue weighted by atomic mass is 32.2. The van der Waals surface area contributed by atoms with Crippen molar-refractivity contribution in [1.29, 1.82) is 0 Å². The van der Waals surface area contributed by atoms with Gasteiger partial charge in [-0.1, -0.05) is 59.8 Å². The molecular formula is C24H29N5O2S. The predicted octanol–water partition coefficient (Wildman–Crippen LogP) is 2.99. The van der Waals surface area contributed by atoms with Crippen LogP contribution in [0.25, 0.3) is 5.69 Å². The molecule has 1 aromatic heterocycles. The van der Waals surface area contributed by atoms with Gasteiger partial charge in [-0.2, -0.15) is 0 Å². The number of aromatic nitrogens is 3. The van der Waals surface area contributed by atoms with Crippen molar-refractivity contribution in [3.8, 4) is 5.69 Å². The van der Waals surface area contributed by atoms with Crippen molar-refractivity contribution >= 4 is 17.7 Å². The fourth-order valence-corrected chi connectivity index (χ4v) is 4.55. The number of nitrogens with zero attached hydrogens (tertiary/aromatic N) is 4. The van der Waals surface area contributed by atoms with E-state index in [1.54, 1.807) is 0 Å². The molecule has 1 fully saturated rings. The van der Waals surface area contributed by atoms with Crippen molar-refractivity contribution in [3.05, 3.63) is 71.5 Å². The minimum atomic E-state index is -0.0325. The zero-order chi connectivity index (χ0) is 22.3. The van der Waals surface area contributed by atoms with Gasteiger partial charge in [0.1, 0.15) is 5.82 Å². The van der Waals surface area contributed by atoms with Gasteiger partial charge in [0.2, 0.25) is 5.91 Å². The number of morpholine rings is 1. The van der Waals surface area contributed by atoms with Gasteiger partial charge in [-0.15, -0.1) is 10.2 Å². The Kier molecular flexibility index (Phi) is 7.57. The maximum atomic E-state index is 12.5. The quantitative estimate of drug-likeness (QED) is 0.531. The van der Waals surface area contributed by atoms with Gasteiger partial charge in [0.05, 0.1) is 18.5 Å². The molecule has 1 saturated heterocycles. The van der Waals surface area contributed by atoms with E-state index in [1.165, 1.54) is 22.9 Å². The van der Waals surface area contributed by atoms with Crippen molar-refractivity contribution in [2.24, 2.45) is 0 Å². The van der Waals surface area contributed by atoms with Gasteiger partial charge in [0.25, 0.3) is 0 Å². The van der Waals surface area contributed by atoms with Gasteiger partial charge >= 0.3 is 0 Å². The van der Waals surface area contributed by atoms with Crippen LogP contribution in [0.1, 0.15) is 17.0 Å². The van der Waals surface area contributed by atoms with Crippen LogP contribution in [0.3, 0.4) is 0 Å². The largest absolute Gasteiger partial charge is 0.374 e. The summed E-state index contributed by atoms with van der Waals surface area (Å²) in [6, 6.07) is 18.6. The van der Waals surface area contributed by atoms with Gasteiger partial charge in [0, 0.05) is 31.9 Å². The van der Waals surface area contributed by atoms with Gasteiger partial charge in [-0.3, -0.25) is 14.3 Å². The number of hydrogen-bond donors (Lipinski definition) is 1. The summed E-state index contributed by atoms with van der Waals surface area (Å²) < 4.78 is 7.83. The number of amides is 1. The molecule has 0 bridgehead atoms. The molecule has 0 spiro atoms. The zero-order valence-corrected chi connectivity index (χ0v) is 19.3. The number of ether oxygens (including phenoxy) is 1. The molecule has 1 N–H and O–H groups in total. The van der Waals surface area contributed by atoms with E-state index in [2.05, 4.69) is 63.7 Å². The molecule has 0 radical (unpaired) electrons. The number of rotatable bonds is 8. The van der Waals surface area contributed by atoms with E-state index in [0.29, 0.717) is 18.3 Å². The maximum Gasteiger partial charge on any atom is 0.230 e. The lowest BCUT2D eigenvalue weighted by molar-refractivity contribution is -0.119. The van der Waals surface area contributed by atoms with Crippen molar-refractivity contribution in [2.75, 3.05) is 32.0 Å². The number of aryl methyl sites for hydroxylation is 2. The van der Waals surface area contributed by atoms with E-state index >= 15 is 0 Å². The van der Waals surface area contributed by atoms with Crippen LogP contribution in [0, 0.1) is 13.8 Å². The summed E-state index contributed by atoms with van der Waals surface area (Å²) in [5.41, 5.74) is 3.48. The van der Waals surface area contributed by atoms with Crippen molar-refractivity contribution < 1.29 is 9.53 Å². The summed E-state index contributed by atoms with van der Waals surface area (Å²) >= 11 is 1.39. The van der Waals surface area contributed by atoms with Crippen LogP contribution < -0.4 is 5.32 Å². The smallest absolute Gasteiger partial charge is 0.230 e. The van der Waals surface area contributed by atoms with E-state index in [9.17, 15) is 4.79 Å². The maximum absolute atomic E-state index is 12.5. The molecule has 1 unspecified atom stereocenters. The molecule has 4 rings (SSSR count). The Hall–Kier alpha value is -2.68. The molecule has 1 aliphatic rings. The summed E-state index contributed by atoms with van der Waals surface area (Å²) in [5, 5.41) is 12.2. The van der Waals surface area contributed by atoms with Gasteiger partial charge in [-0.25, -0.2) is 0 Å². The third-order valence-electron chi connectivity index (χ3n) is 5.42. The number of thioether (sulfide) groups is 1. The van der Waals surface area contributed by atoms with Crippen LogP contribution in [0.4, 0.5) is 0 Å². The van der Waals surface area contributed by atoms with E-state index in [0.717, 1.165) is 31.1 Å². The fourth-order valence-electron chi connectivity index (χ4n) is 3.73. The van der Waals surface area contributed by atoms with Crippen molar-refractivity contribution in [1.82, 2.24) is 25.0 Å². The lowest BCUT2D eigenvalue weighted by atomic mass is 10.2. The first-order chi connectivity index (χ1) is 15.6. The molecule has 1 aliphatic heterocycles. The highest BCUT2D eigenvalue weighted by molar-refractivity contribution is 7.99. The van der Waals surface area contributed by atoms with Crippen LogP contribution in [0.2, 0.25) is 0 Å². The molecular weight excluding hydrogens is 422 g/mol. The number of benzene rings is 2. The Bertz CT molecular complexity index is 1020. The molecule has 1 atom stereocenters. The Morgan fingerprint density at radius 3 is 2.69 bits per heavy atom. The molecule has 1 amide bonds. The summed E-state index contributed by atoms with van der Waals surface area (Å²) in [4.78, 5) is 14.8. The highest BCUT2D eigenvalue weighted by Crippen LogP contribution is 2.22. The minimum absolute atomic E-state index is 0.000122. The second-order valence-electron chi connectivity index (χ2n) is 8.01. The van der Waals surface area contributed by atoms with Crippen LogP contribution in [0.15, 0.2) is 59.8 Å². The average Bonchev–Trinajstić information content (AvgIpc) is 3.18. The number of nitrogens with one attached hydrogen (secondary N) is 1. The van der Waals surface area contributed by atoms with E-state index in [4.69, 9.17) is 4.74 Å². The van der Waals surface area contributed by atoms with Crippen LogP contribution in [0.5, 0.6) is 0 Å². The topological polar surface area (TPSA) is 72.3 Å². The molecule has 8 heteroatoms. The van der Waals surface area contributed by atoms with E-state index < -0.39 is 0 Å². The molecule has 168 valence electrons. The van der Waals surface area contributed by atoms with Crippen LogP contribution in [-0.2, 0) is 16.1 Å². The summed E-state index contributed by atoms with van der Waals surface area (Å²) in [7, 11) is 0. The first-order valence-corrected chi connectivity index (χ1v) is 11.8. The fraction of sp³-hybridized carbons (Fsp3) is 0.375. The molecule has 3 aromatic rings. The lowest BCUT2D eigenvalue weighted by Gasteiger charge is -2.33. The Balaban J connectivity index is 1.26. The summed E-state index contributed by atoms with van der Waals surface area (Å²) in [6.07, 6.45) is -0.000122. The van der Waals surface area contributed by atoms with E-state index in [-0.39, 0.29) is 17.8 Å². The first kappa shape index (κ1) is 22.5. The number of carbonyl (C=O) groups excluding carboxylic acids is 1. The summed E-state index contributed by atoms with van der Waals surface area (Å²) in [6.45, 7) is 7.78. The Morgan fingerprint density at radius 2 is 1.91 bits per heavy atom. The Labute approximate surface area is 193 Å². The minimum Gasteiger partial charge on any atom is -0.374 e. The zero-order valence-electron chi connectivity index (χ0n) is 18.5.